The zero-order valence-electron chi connectivity index (χ0n) is 12.5. The van der Waals surface area contributed by atoms with Crippen LogP contribution < -0.4 is 15.6 Å². The molecule has 0 saturated heterocycles. The lowest BCUT2D eigenvalue weighted by molar-refractivity contribution is -0.128. The minimum Gasteiger partial charge on any atom is -0.481 e. The summed E-state index contributed by atoms with van der Waals surface area (Å²) < 4.78 is 44.9. The van der Waals surface area contributed by atoms with Crippen LogP contribution in [0.15, 0.2) is 42.5 Å². The van der Waals surface area contributed by atoms with Crippen molar-refractivity contribution < 1.29 is 27.5 Å². The van der Waals surface area contributed by atoms with Crippen LogP contribution in [0.25, 0.3) is 0 Å². The second kappa shape index (κ2) is 7.49. The van der Waals surface area contributed by atoms with Crippen molar-refractivity contribution in [2.75, 3.05) is 0 Å². The van der Waals surface area contributed by atoms with E-state index < -0.39 is 40.9 Å². The summed E-state index contributed by atoms with van der Waals surface area (Å²) in [5, 5.41) is 0. The first-order valence-corrected chi connectivity index (χ1v) is 6.85. The van der Waals surface area contributed by atoms with Crippen LogP contribution in [0.1, 0.15) is 17.3 Å². The van der Waals surface area contributed by atoms with E-state index in [9.17, 15) is 22.8 Å². The van der Waals surface area contributed by atoms with Crippen molar-refractivity contribution >= 4 is 11.8 Å². The molecule has 5 nitrogen and oxygen atoms in total. The Morgan fingerprint density at radius 2 is 1.54 bits per heavy atom. The van der Waals surface area contributed by atoms with Crippen LogP contribution in [0.5, 0.6) is 5.75 Å². The number of hydrazine groups is 1. The van der Waals surface area contributed by atoms with Crippen molar-refractivity contribution in [2.24, 2.45) is 0 Å². The third-order valence-electron chi connectivity index (χ3n) is 2.98. The van der Waals surface area contributed by atoms with Crippen molar-refractivity contribution in [1.29, 1.82) is 0 Å². The lowest BCUT2D eigenvalue weighted by Gasteiger charge is -2.15. The van der Waals surface area contributed by atoms with Crippen LogP contribution in [-0.2, 0) is 4.79 Å². The van der Waals surface area contributed by atoms with E-state index in [0.29, 0.717) is 0 Å². The van der Waals surface area contributed by atoms with E-state index in [1.807, 2.05) is 10.9 Å². The van der Waals surface area contributed by atoms with Crippen molar-refractivity contribution in [3.63, 3.8) is 0 Å². The molecule has 2 N–H and O–H groups in total. The van der Waals surface area contributed by atoms with E-state index in [2.05, 4.69) is 0 Å². The Morgan fingerprint density at radius 1 is 0.958 bits per heavy atom. The van der Waals surface area contributed by atoms with Crippen LogP contribution in [0, 0.1) is 17.5 Å². The van der Waals surface area contributed by atoms with Crippen molar-refractivity contribution in [1.82, 2.24) is 10.9 Å². The summed E-state index contributed by atoms with van der Waals surface area (Å²) in [5.41, 5.74) is 3.08. The molecule has 0 heterocycles. The predicted octanol–water partition coefficient (Wildman–Crippen LogP) is 2.33. The van der Waals surface area contributed by atoms with Crippen molar-refractivity contribution in [3.05, 3.63) is 65.5 Å². The quantitative estimate of drug-likeness (QED) is 0.841. The van der Waals surface area contributed by atoms with E-state index in [4.69, 9.17) is 4.74 Å². The highest BCUT2D eigenvalue weighted by Crippen LogP contribution is 2.13. The summed E-state index contributed by atoms with van der Waals surface area (Å²) in [4.78, 5) is 23.5. The zero-order valence-corrected chi connectivity index (χ0v) is 12.5. The topological polar surface area (TPSA) is 67.4 Å². The van der Waals surface area contributed by atoms with Gasteiger partial charge in [0, 0.05) is 0 Å². The normalized spacial score (nSPS) is 11.5. The fourth-order valence-corrected chi connectivity index (χ4v) is 1.77. The van der Waals surface area contributed by atoms with Gasteiger partial charge in [0.25, 0.3) is 11.8 Å². The van der Waals surface area contributed by atoms with Gasteiger partial charge in [-0.1, -0.05) is 6.07 Å². The molecule has 0 radical (unpaired) electrons. The first kappa shape index (κ1) is 17.3. The number of amides is 2. The molecular weight excluding hydrogens is 325 g/mol. The minimum absolute atomic E-state index is 0.241. The van der Waals surface area contributed by atoms with E-state index in [0.717, 1.165) is 30.3 Å². The number of carbonyl (C=O) groups is 2. The number of hydrogen-bond donors (Lipinski definition) is 2. The van der Waals surface area contributed by atoms with E-state index in [1.54, 1.807) is 0 Å². The summed E-state index contributed by atoms with van der Waals surface area (Å²) in [5.74, 6) is -4.24. The van der Waals surface area contributed by atoms with Crippen molar-refractivity contribution in [2.45, 2.75) is 13.0 Å². The first-order valence-electron chi connectivity index (χ1n) is 6.85. The molecule has 0 aliphatic heterocycles. The Morgan fingerprint density at radius 3 is 2.12 bits per heavy atom. The Bertz CT molecular complexity index is 730. The predicted molar refractivity (Wildman–Crippen MR) is 78.5 cm³/mol. The lowest BCUT2D eigenvalue weighted by atomic mass is 10.2. The lowest BCUT2D eigenvalue weighted by Crippen LogP contribution is -2.47. The minimum atomic E-state index is -1.15. The first-order chi connectivity index (χ1) is 11.4. The molecule has 2 amide bonds. The Balaban J connectivity index is 1.92. The van der Waals surface area contributed by atoms with Gasteiger partial charge in [-0.3, -0.25) is 20.4 Å². The van der Waals surface area contributed by atoms with Gasteiger partial charge in [0.2, 0.25) is 0 Å². The number of halogens is 3. The van der Waals surface area contributed by atoms with Crippen LogP contribution in [0.3, 0.4) is 0 Å². The molecule has 0 spiro atoms. The molecule has 0 bridgehead atoms. The van der Waals surface area contributed by atoms with Gasteiger partial charge < -0.3 is 4.74 Å². The molecular formula is C16H13F3N2O3. The summed E-state index contributed by atoms with van der Waals surface area (Å²) in [6.45, 7) is 1.38. The Labute approximate surface area is 135 Å². The maximum atomic E-state index is 13.4. The summed E-state index contributed by atoms with van der Waals surface area (Å²) in [7, 11) is 0. The van der Waals surface area contributed by atoms with Gasteiger partial charge in [-0.05, 0) is 43.3 Å². The monoisotopic (exact) mass is 338 g/mol. The summed E-state index contributed by atoms with van der Waals surface area (Å²) in [6.07, 6.45) is -1.04. The van der Waals surface area contributed by atoms with Crippen LogP contribution in [-0.4, -0.2) is 17.9 Å². The van der Waals surface area contributed by atoms with E-state index >= 15 is 0 Å². The van der Waals surface area contributed by atoms with Gasteiger partial charge in [0.1, 0.15) is 28.8 Å². The van der Waals surface area contributed by atoms with E-state index in [-0.39, 0.29) is 5.75 Å². The highest BCUT2D eigenvalue weighted by Gasteiger charge is 2.19. The Hall–Kier alpha value is -3.03. The van der Waals surface area contributed by atoms with Gasteiger partial charge in [-0.25, -0.2) is 13.2 Å². The molecule has 2 aromatic rings. The number of rotatable bonds is 4. The highest BCUT2D eigenvalue weighted by molar-refractivity contribution is 5.96. The largest absolute Gasteiger partial charge is 0.481 e. The molecule has 2 rings (SSSR count). The molecule has 24 heavy (non-hydrogen) atoms. The molecule has 126 valence electrons. The molecule has 0 saturated carbocycles. The van der Waals surface area contributed by atoms with Gasteiger partial charge in [-0.2, -0.15) is 0 Å². The maximum absolute atomic E-state index is 13.4. The fourth-order valence-electron chi connectivity index (χ4n) is 1.77. The summed E-state index contributed by atoms with van der Waals surface area (Å²) >= 11 is 0. The zero-order chi connectivity index (χ0) is 17.7. The molecule has 2 aromatic carbocycles. The molecule has 0 aliphatic rings. The van der Waals surface area contributed by atoms with Gasteiger partial charge in [0.05, 0.1) is 0 Å². The molecule has 8 heteroatoms. The molecule has 1 atom stereocenters. The number of carbonyl (C=O) groups excluding carboxylic acids is 2. The summed E-state index contributed by atoms with van der Waals surface area (Å²) in [6, 6.07) is 7.91. The van der Waals surface area contributed by atoms with Crippen molar-refractivity contribution in [3.8, 4) is 5.75 Å². The molecule has 0 aliphatic carbocycles. The standard InChI is InChI=1S/C16H13F3N2O3/c1-9(24-11-7-5-10(17)6-8-11)15(22)20-21-16(23)14-12(18)3-2-4-13(14)19/h2-9H,1H3,(H,20,22)(H,21,23). The number of hydrogen-bond acceptors (Lipinski definition) is 3. The number of benzene rings is 2. The van der Waals surface area contributed by atoms with Crippen LogP contribution >= 0.6 is 0 Å². The van der Waals surface area contributed by atoms with Gasteiger partial charge in [0.15, 0.2) is 6.10 Å². The number of ether oxygens (including phenoxy) is 1. The number of nitrogens with one attached hydrogen (secondary N) is 2. The maximum Gasteiger partial charge on any atom is 0.279 e. The van der Waals surface area contributed by atoms with Gasteiger partial charge in [-0.15, -0.1) is 0 Å². The second-order valence-corrected chi connectivity index (χ2v) is 4.75. The average Bonchev–Trinajstić information content (AvgIpc) is 2.54. The molecule has 0 aromatic heterocycles. The van der Waals surface area contributed by atoms with Crippen LogP contribution in [0.2, 0.25) is 0 Å². The molecule has 0 fully saturated rings. The SMILES string of the molecule is CC(Oc1ccc(F)cc1)C(=O)NNC(=O)c1c(F)cccc1F. The Kier molecular flexibility index (Phi) is 5.41. The average molecular weight is 338 g/mol. The smallest absolute Gasteiger partial charge is 0.279 e. The second-order valence-electron chi connectivity index (χ2n) is 4.75. The highest BCUT2D eigenvalue weighted by atomic mass is 19.1. The fraction of sp³-hybridized carbons (Fsp3) is 0.125. The van der Waals surface area contributed by atoms with Crippen LogP contribution in [0.4, 0.5) is 13.2 Å². The van der Waals surface area contributed by atoms with Gasteiger partial charge >= 0.3 is 0 Å². The van der Waals surface area contributed by atoms with E-state index in [1.165, 1.54) is 19.1 Å². The molecule has 1 unspecified atom stereocenters. The third kappa shape index (κ3) is 4.25. The third-order valence-corrected chi connectivity index (χ3v) is 2.98.